The molecule has 1 unspecified atom stereocenters. The van der Waals surface area contributed by atoms with Crippen LogP contribution in [0.3, 0.4) is 0 Å². The molecule has 1 atom stereocenters. The first-order valence-electron chi connectivity index (χ1n) is 6.14. The average Bonchev–Trinajstić information content (AvgIpc) is 2.34. The van der Waals surface area contributed by atoms with Crippen LogP contribution in [0.25, 0.3) is 0 Å². The van der Waals surface area contributed by atoms with Gasteiger partial charge >= 0.3 is 6.18 Å². The van der Waals surface area contributed by atoms with Crippen molar-refractivity contribution in [2.75, 3.05) is 0 Å². The fourth-order valence-corrected chi connectivity index (χ4v) is 2.53. The quantitative estimate of drug-likeness (QED) is 0.798. The number of alkyl halides is 3. The maximum Gasteiger partial charge on any atom is 0.389 e. The Hall–Kier alpha value is -1.32. The number of benzene rings is 1. The van der Waals surface area contributed by atoms with Crippen molar-refractivity contribution in [3.05, 3.63) is 35.4 Å². The first-order valence-corrected chi connectivity index (χ1v) is 6.14. The Labute approximate surface area is 104 Å². The van der Waals surface area contributed by atoms with Crippen molar-refractivity contribution in [3.63, 3.8) is 0 Å². The lowest BCUT2D eigenvalue weighted by atomic mass is 9.79. The predicted octanol–water partition coefficient (Wildman–Crippen LogP) is 4.02. The third kappa shape index (κ3) is 3.12. The molecule has 98 valence electrons. The lowest BCUT2D eigenvalue weighted by molar-refractivity contribution is -0.143. The van der Waals surface area contributed by atoms with Gasteiger partial charge in [0.2, 0.25) is 0 Å². The van der Waals surface area contributed by atoms with Gasteiger partial charge in [-0.05, 0) is 30.4 Å². The molecular formula is C14H15F3O. The largest absolute Gasteiger partial charge is 0.389 e. The first kappa shape index (κ1) is 13.1. The van der Waals surface area contributed by atoms with Gasteiger partial charge in [-0.15, -0.1) is 0 Å². The number of halogens is 3. The van der Waals surface area contributed by atoms with Gasteiger partial charge in [0.15, 0.2) is 0 Å². The average molecular weight is 256 g/mol. The molecule has 0 aromatic heterocycles. The monoisotopic (exact) mass is 256 g/mol. The highest BCUT2D eigenvalue weighted by atomic mass is 19.4. The molecule has 1 nitrogen and oxygen atoms in total. The number of hydrogen-bond acceptors (Lipinski definition) is 1. The van der Waals surface area contributed by atoms with E-state index in [1.165, 1.54) is 0 Å². The minimum Gasteiger partial charge on any atom is -0.299 e. The van der Waals surface area contributed by atoms with Gasteiger partial charge in [0.05, 0.1) is 6.42 Å². The minimum absolute atomic E-state index is 0.278. The highest BCUT2D eigenvalue weighted by Crippen LogP contribution is 2.34. The van der Waals surface area contributed by atoms with Crippen molar-refractivity contribution in [1.82, 2.24) is 0 Å². The number of fused-ring (bicyclic) bond motifs is 1. The molecule has 0 saturated carbocycles. The molecule has 4 heteroatoms. The van der Waals surface area contributed by atoms with Gasteiger partial charge in [-0.3, -0.25) is 4.79 Å². The SMILES string of the molecule is O=C(CCC(F)(F)F)C1CCCc2ccccc21. The highest BCUT2D eigenvalue weighted by molar-refractivity contribution is 5.86. The Morgan fingerprint density at radius 3 is 2.72 bits per heavy atom. The first-order chi connectivity index (χ1) is 8.47. The number of aryl methyl sites for hydroxylation is 1. The van der Waals surface area contributed by atoms with Crippen molar-refractivity contribution < 1.29 is 18.0 Å². The molecule has 0 heterocycles. The second-order valence-corrected chi connectivity index (χ2v) is 4.73. The fourth-order valence-electron chi connectivity index (χ4n) is 2.53. The molecule has 0 aliphatic heterocycles. The molecule has 1 aromatic rings. The second-order valence-electron chi connectivity index (χ2n) is 4.73. The Kier molecular flexibility index (Phi) is 3.73. The summed E-state index contributed by atoms with van der Waals surface area (Å²) in [6.45, 7) is 0. The molecule has 1 aliphatic rings. The molecule has 0 fully saturated rings. The molecule has 1 aromatic carbocycles. The summed E-state index contributed by atoms with van der Waals surface area (Å²) in [5.74, 6) is -0.614. The third-order valence-electron chi connectivity index (χ3n) is 3.41. The van der Waals surface area contributed by atoms with E-state index >= 15 is 0 Å². The zero-order valence-electron chi connectivity index (χ0n) is 9.96. The molecule has 0 radical (unpaired) electrons. The van der Waals surface area contributed by atoms with Crippen molar-refractivity contribution in [3.8, 4) is 0 Å². The minimum atomic E-state index is -4.25. The molecule has 0 saturated heterocycles. The lowest BCUT2D eigenvalue weighted by Crippen LogP contribution is -2.20. The van der Waals surface area contributed by atoms with E-state index in [-0.39, 0.29) is 11.7 Å². The fraction of sp³-hybridized carbons (Fsp3) is 0.500. The number of carbonyl (C=O) groups is 1. The van der Waals surface area contributed by atoms with Gasteiger partial charge in [0.1, 0.15) is 5.78 Å². The summed E-state index contributed by atoms with van der Waals surface area (Å²) in [5.41, 5.74) is 2.03. The van der Waals surface area contributed by atoms with Gasteiger partial charge < -0.3 is 0 Å². The number of hydrogen-bond donors (Lipinski definition) is 0. The molecular weight excluding hydrogens is 241 g/mol. The highest BCUT2D eigenvalue weighted by Gasteiger charge is 2.31. The Morgan fingerprint density at radius 2 is 2.00 bits per heavy atom. The van der Waals surface area contributed by atoms with Crippen molar-refractivity contribution in [2.24, 2.45) is 0 Å². The Bertz CT molecular complexity index is 437. The van der Waals surface area contributed by atoms with Gasteiger partial charge in [0, 0.05) is 12.3 Å². The van der Waals surface area contributed by atoms with Gasteiger partial charge in [-0.2, -0.15) is 13.2 Å². The smallest absolute Gasteiger partial charge is 0.299 e. The molecule has 0 N–H and O–H groups in total. The summed E-state index contributed by atoms with van der Waals surface area (Å²) in [5, 5.41) is 0. The van der Waals surface area contributed by atoms with Crippen LogP contribution >= 0.6 is 0 Å². The molecule has 0 bridgehead atoms. The molecule has 18 heavy (non-hydrogen) atoms. The molecule has 0 spiro atoms. The van der Waals surface area contributed by atoms with Crippen LogP contribution in [0.1, 0.15) is 42.7 Å². The summed E-state index contributed by atoms with van der Waals surface area (Å²) in [7, 11) is 0. The normalized spacial score (nSPS) is 19.4. The third-order valence-corrected chi connectivity index (χ3v) is 3.41. The number of carbonyl (C=O) groups excluding carboxylic acids is 1. The Morgan fingerprint density at radius 1 is 1.28 bits per heavy atom. The predicted molar refractivity (Wildman–Crippen MR) is 62.4 cm³/mol. The van der Waals surface area contributed by atoms with E-state index in [1.54, 1.807) is 0 Å². The summed E-state index contributed by atoms with van der Waals surface area (Å²) in [6, 6.07) is 7.57. The summed E-state index contributed by atoms with van der Waals surface area (Å²) in [6.07, 6.45) is -3.19. The molecule has 0 amide bonds. The van der Waals surface area contributed by atoms with Gasteiger partial charge in [0.25, 0.3) is 0 Å². The summed E-state index contributed by atoms with van der Waals surface area (Å²) >= 11 is 0. The van der Waals surface area contributed by atoms with Crippen LogP contribution in [-0.2, 0) is 11.2 Å². The van der Waals surface area contributed by atoms with E-state index in [9.17, 15) is 18.0 Å². The van der Waals surface area contributed by atoms with Gasteiger partial charge in [-0.1, -0.05) is 24.3 Å². The maximum absolute atomic E-state index is 12.1. The van der Waals surface area contributed by atoms with Crippen LogP contribution in [0.5, 0.6) is 0 Å². The number of Topliss-reactive ketones (excluding diaryl/α,β-unsaturated/α-hetero) is 1. The Balaban J connectivity index is 2.08. The summed E-state index contributed by atoms with van der Waals surface area (Å²) < 4.78 is 36.4. The van der Waals surface area contributed by atoms with E-state index < -0.39 is 19.0 Å². The number of rotatable bonds is 3. The van der Waals surface area contributed by atoms with E-state index in [0.29, 0.717) is 6.42 Å². The molecule has 2 rings (SSSR count). The standard InChI is InChI=1S/C14H15F3O/c15-14(16,17)9-8-13(18)12-7-3-5-10-4-1-2-6-11(10)12/h1-2,4,6,12H,3,5,7-9H2. The van der Waals surface area contributed by atoms with Crippen molar-refractivity contribution in [2.45, 2.75) is 44.2 Å². The summed E-state index contributed by atoms with van der Waals surface area (Å²) in [4.78, 5) is 11.9. The van der Waals surface area contributed by atoms with Crippen molar-refractivity contribution >= 4 is 5.78 Å². The van der Waals surface area contributed by atoms with Crippen LogP contribution in [0.2, 0.25) is 0 Å². The van der Waals surface area contributed by atoms with Crippen LogP contribution in [0.15, 0.2) is 24.3 Å². The second kappa shape index (κ2) is 5.12. The number of ketones is 1. The van der Waals surface area contributed by atoms with Gasteiger partial charge in [-0.25, -0.2) is 0 Å². The van der Waals surface area contributed by atoms with Crippen molar-refractivity contribution in [1.29, 1.82) is 0 Å². The topological polar surface area (TPSA) is 17.1 Å². The van der Waals surface area contributed by atoms with E-state index in [2.05, 4.69) is 0 Å². The van der Waals surface area contributed by atoms with E-state index in [4.69, 9.17) is 0 Å². The van der Waals surface area contributed by atoms with Crippen LogP contribution in [0.4, 0.5) is 13.2 Å². The molecule has 1 aliphatic carbocycles. The maximum atomic E-state index is 12.1. The van der Waals surface area contributed by atoms with E-state index in [0.717, 1.165) is 24.0 Å². The lowest BCUT2D eigenvalue weighted by Gasteiger charge is -2.24. The van der Waals surface area contributed by atoms with Crippen LogP contribution in [-0.4, -0.2) is 12.0 Å². The zero-order chi connectivity index (χ0) is 13.2. The zero-order valence-corrected chi connectivity index (χ0v) is 9.96. The van der Waals surface area contributed by atoms with E-state index in [1.807, 2.05) is 24.3 Å². The van der Waals surface area contributed by atoms with Crippen LogP contribution < -0.4 is 0 Å². The van der Waals surface area contributed by atoms with Crippen LogP contribution in [0, 0.1) is 0 Å².